The molecule has 0 spiro atoms. The summed E-state index contributed by atoms with van der Waals surface area (Å²) in [5, 5.41) is 18.8. The van der Waals surface area contributed by atoms with Crippen LogP contribution in [0, 0.1) is 21.4 Å². The zero-order valence-electron chi connectivity index (χ0n) is 8.19. The Kier molecular flexibility index (Phi) is 3.52. The number of ether oxygens (including phenoxy) is 1. The number of nitro groups is 1. The molecule has 0 amide bonds. The molecule has 0 aliphatic carbocycles. The predicted octanol–water partition coefficient (Wildman–Crippen LogP) is 2.56. The highest BCUT2D eigenvalue weighted by Gasteiger charge is 2.34. The number of alkyl halides is 3. The van der Waals surface area contributed by atoms with E-state index in [1.54, 1.807) is 6.07 Å². The summed E-state index contributed by atoms with van der Waals surface area (Å²) in [5.41, 5.74) is -0.596. The smallest absolute Gasteiger partial charge is 0.398 e. The summed E-state index contributed by atoms with van der Waals surface area (Å²) in [7, 11) is 0. The molecule has 5 nitrogen and oxygen atoms in total. The van der Waals surface area contributed by atoms with Gasteiger partial charge in [-0.15, -0.1) is 13.2 Å². The van der Waals surface area contributed by atoms with Crippen LogP contribution in [-0.2, 0) is 6.42 Å². The second-order valence-electron chi connectivity index (χ2n) is 2.94. The van der Waals surface area contributed by atoms with Crippen LogP contribution in [0.4, 0.5) is 18.9 Å². The van der Waals surface area contributed by atoms with Gasteiger partial charge in [-0.05, 0) is 11.6 Å². The second kappa shape index (κ2) is 4.69. The van der Waals surface area contributed by atoms with E-state index in [0.29, 0.717) is 0 Å². The van der Waals surface area contributed by atoms with Crippen molar-refractivity contribution < 1.29 is 22.8 Å². The minimum atomic E-state index is -5.02. The lowest BCUT2D eigenvalue weighted by Crippen LogP contribution is -2.18. The van der Waals surface area contributed by atoms with Crippen LogP contribution in [0.5, 0.6) is 5.75 Å². The molecule has 0 heterocycles. The highest BCUT2D eigenvalue weighted by Crippen LogP contribution is 2.32. The van der Waals surface area contributed by atoms with E-state index in [1.165, 1.54) is 6.07 Å². The van der Waals surface area contributed by atoms with E-state index in [-0.39, 0.29) is 12.0 Å². The topological polar surface area (TPSA) is 76.2 Å². The molecule has 90 valence electrons. The van der Waals surface area contributed by atoms with Crippen LogP contribution in [0.1, 0.15) is 5.56 Å². The first-order valence-electron chi connectivity index (χ1n) is 4.23. The fourth-order valence-electron chi connectivity index (χ4n) is 1.12. The molecular weight excluding hydrogens is 241 g/mol. The first-order valence-corrected chi connectivity index (χ1v) is 4.23. The van der Waals surface area contributed by atoms with Crippen molar-refractivity contribution in [2.45, 2.75) is 12.8 Å². The van der Waals surface area contributed by atoms with Crippen LogP contribution < -0.4 is 4.74 Å². The third-order valence-corrected chi connectivity index (χ3v) is 1.73. The molecular formula is C9H5F3N2O3. The minimum absolute atomic E-state index is 0.161. The second-order valence-corrected chi connectivity index (χ2v) is 2.94. The number of nitriles is 1. The lowest BCUT2D eigenvalue weighted by atomic mass is 10.1. The van der Waals surface area contributed by atoms with Crippen LogP contribution in [0.2, 0.25) is 0 Å². The van der Waals surface area contributed by atoms with Crippen molar-refractivity contribution in [3.8, 4) is 11.8 Å². The van der Waals surface area contributed by atoms with E-state index >= 15 is 0 Å². The summed E-state index contributed by atoms with van der Waals surface area (Å²) in [6, 6.07) is 4.61. The lowest BCUT2D eigenvalue weighted by Gasteiger charge is -2.09. The van der Waals surface area contributed by atoms with Crippen LogP contribution in [0.3, 0.4) is 0 Å². The van der Waals surface area contributed by atoms with Gasteiger partial charge in [0.2, 0.25) is 5.75 Å². The summed E-state index contributed by atoms with van der Waals surface area (Å²) in [4.78, 5) is 9.48. The average Bonchev–Trinajstić information content (AvgIpc) is 2.15. The zero-order valence-corrected chi connectivity index (χ0v) is 8.19. The van der Waals surface area contributed by atoms with E-state index in [2.05, 4.69) is 4.74 Å². The van der Waals surface area contributed by atoms with Gasteiger partial charge in [0, 0.05) is 6.07 Å². The molecule has 0 bridgehead atoms. The average molecular weight is 246 g/mol. The summed E-state index contributed by atoms with van der Waals surface area (Å²) in [6.07, 6.45) is -5.18. The molecule has 17 heavy (non-hydrogen) atoms. The zero-order chi connectivity index (χ0) is 13.1. The summed E-state index contributed by atoms with van der Waals surface area (Å²) in [5.74, 6) is -0.921. The van der Waals surface area contributed by atoms with Gasteiger partial charge in [-0.25, -0.2) is 0 Å². The standard InChI is InChI=1S/C9H5F3N2O3/c10-9(11,12)17-8-5-6(3-4-13)1-2-7(8)14(15)16/h1-2,5H,3H2. The quantitative estimate of drug-likeness (QED) is 0.606. The normalized spacial score (nSPS) is 10.7. The van der Waals surface area contributed by atoms with Gasteiger partial charge in [-0.3, -0.25) is 10.1 Å². The number of benzene rings is 1. The number of halogens is 3. The van der Waals surface area contributed by atoms with E-state index in [9.17, 15) is 23.3 Å². The Hall–Kier alpha value is -2.30. The highest BCUT2D eigenvalue weighted by molar-refractivity contribution is 5.49. The summed E-state index contributed by atoms with van der Waals surface area (Å²) in [6.45, 7) is 0. The Bertz CT molecular complexity index is 479. The molecule has 0 N–H and O–H groups in total. The molecule has 0 unspecified atom stereocenters. The van der Waals surface area contributed by atoms with E-state index < -0.39 is 22.7 Å². The van der Waals surface area contributed by atoms with Crippen LogP contribution >= 0.6 is 0 Å². The fourth-order valence-corrected chi connectivity index (χ4v) is 1.12. The molecule has 0 atom stereocenters. The Morgan fingerprint density at radius 2 is 2.12 bits per heavy atom. The predicted molar refractivity (Wildman–Crippen MR) is 49.1 cm³/mol. The molecule has 1 aromatic rings. The molecule has 0 fully saturated rings. The largest absolute Gasteiger partial charge is 0.573 e. The Morgan fingerprint density at radius 3 is 2.59 bits per heavy atom. The summed E-state index contributed by atoms with van der Waals surface area (Å²) >= 11 is 0. The molecule has 0 aliphatic heterocycles. The third kappa shape index (κ3) is 3.64. The molecule has 0 aromatic heterocycles. The number of nitrogens with zero attached hydrogens (tertiary/aromatic N) is 2. The van der Waals surface area contributed by atoms with Crippen LogP contribution in [0.25, 0.3) is 0 Å². The van der Waals surface area contributed by atoms with Crippen molar-refractivity contribution >= 4 is 5.69 Å². The maximum absolute atomic E-state index is 12.0. The third-order valence-electron chi connectivity index (χ3n) is 1.73. The SMILES string of the molecule is N#CCc1ccc([N+](=O)[O-])c(OC(F)(F)F)c1. The number of nitro benzene ring substituents is 1. The van der Waals surface area contributed by atoms with E-state index in [0.717, 1.165) is 12.1 Å². The summed E-state index contributed by atoms with van der Waals surface area (Å²) < 4.78 is 39.5. The highest BCUT2D eigenvalue weighted by atomic mass is 19.4. The molecule has 0 radical (unpaired) electrons. The molecule has 1 aromatic carbocycles. The van der Waals surface area contributed by atoms with Gasteiger partial charge in [0.25, 0.3) is 0 Å². The minimum Gasteiger partial charge on any atom is -0.398 e. The fraction of sp³-hybridized carbons (Fsp3) is 0.222. The van der Waals surface area contributed by atoms with Gasteiger partial charge in [-0.1, -0.05) is 6.07 Å². The maximum Gasteiger partial charge on any atom is 0.573 e. The molecule has 0 saturated carbocycles. The van der Waals surface area contributed by atoms with Gasteiger partial charge in [0.05, 0.1) is 17.4 Å². The van der Waals surface area contributed by atoms with Gasteiger partial charge >= 0.3 is 12.0 Å². The Morgan fingerprint density at radius 1 is 1.47 bits per heavy atom. The molecule has 0 aliphatic rings. The first-order chi connectivity index (χ1) is 7.83. The van der Waals surface area contributed by atoms with Crippen molar-refractivity contribution in [2.24, 2.45) is 0 Å². The number of rotatable bonds is 3. The van der Waals surface area contributed by atoms with Crippen molar-refractivity contribution in [1.82, 2.24) is 0 Å². The van der Waals surface area contributed by atoms with Crippen molar-refractivity contribution in [1.29, 1.82) is 5.26 Å². The van der Waals surface area contributed by atoms with Gasteiger partial charge in [0.1, 0.15) is 0 Å². The van der Waals surface area contributed by atoms with Crippen molar-refractivity contribution in [3.63, 3.8) is 0 Å². The lowest BCUT2D eigenvalue weighted by molar-refractivity contribution is -0.388. The van der Waals surface area contributed by atoms with Crippen molar-refractivity contribution in [2.75, 3.05) is 0 Å². The monoisotopic (exact) mass is 246 g/mol. The molecule has 8 heteroatoms. The number of hydrogen-bond acceptors (Lipinski definition) is 4. The van der Waals surface area contributed by atoms with Crippen LogP contribution in [0.15, 0.2) is 18.2 Å². The maximum atomic E-state index is 12.0. The molecule has 0 saturated heterocycles. The van der Waals surface area contributed by atoms with E-state index in [1.807, 2.05) is 0 Å². The van der Waals surface area contributed by atoms with Crippen LogP contribution in [-0.4, -0.2) is 11.3 Å². The molecule has 1 rings (SSSR count). The first kappa shape index (κ1) is 12.8. The Balaban J connectivity index is 3.17. The number of hydrogen-bond donors (Lipinski definition) is 0. The Labute approximate surface area is 93.2 Å². The van der Waals surface area contributed by atoms with Crippen molar-refractivity contribution in [3.05, 3.63) is 33.9 Å². The van der Waals surface area contributed by atoms with Gasteiger partial charge < -0.3 is 4.74 Å². The van der Waals surface area contributed by atoms with E-state index in [4.69, 9.17) is 5.26 Å². The van der Waals surface area contributed by atoms with Gasteiger partial charge in [0.15, 0.2) is 0 Å². The van der Waals surface area contributed by atoms with Gasteiger partial charge in [-0.2, -0.15) is 5.26 Å².